The largest absolute Gasteiger partial charge is 0.454 e. The van der Waals surface area contributed by atoms with Crippen LogP contribution in [-0.2, 0) is 14.3 Å². The Morgan fingerprint density at radius 1 is 1.29 bits per heavy atom. The summed E-state index contributed by atoms with van der Waals surface area (Å²) in [7, 11) is 0. The first-order valence-corrected chi connectivity index (χ1v) is 11.2. The van der Waals surface area contributed by atoms with Crippen molar-refractivity contribution >= 4 is 41.1 Å². The maximum Gasteiger partial charge on any atom is 0.329 e. The molecule has 1 aromatic carbocycles. The van der Waals surface area contributed by atoms with Gasteiger partial charge in [-0.3, -0.25) is 9.59 Å². The van der Waals surface area contributed by atoms with Crippen LogP contribution in [0.5, 0.6) is 0 Å². The van der Waals surface area contributed by atoms with Gasteiger partial charge >= 0.3 is 5.97 Å². The molecule has 1 N–H and O–H groups in total. The molecule has 0 spiro atoms. The highest BCUT2D eigenvalue weighted by Gasteiger charge is 2.27. The zero-order valence-corrected chi connectivity index (χ0v) is 17.9. The van der Waals surface area contributed by atoms with Gasteiger partial charge in [-0.25, -0.2) is 4.79 Å². The molecule has 0 aliphatic carbocycles. The van der Waals surface area contributed by atoms with Crippen molar-refractivity contribution in [2.24, 2.45) is 0 Å². The fraction of sp³-hybridized carbons (Fsp3) is 0.550. The van der Waals surface area contributed by atoms with Crippen molar-refractivity contribution in [2.45, 2.75) is 44.7 Å². The number of nitrogens with one attached hydrogen (secondary N) is 1. The topological polar surface area (TPSA) is 75.7 Å². The lowest BCUT2D eigenvalue weighted by atomic mass is 10.0. The summed E-state index contributed by atoms with van der Waals surface area (Å²) < 4.78 is 5.25. The lowest BCUT2D eigenvalue weighted by molar-refractivity contribution is -0.155. The van der Waals surface area contributed by atoms with Crippen LogP contribution in [0.4, 0.5) is 0 Å². The molecule has 1 aliphatic heterocycles. The summed E-state index contributed by atoms with van der Waals surface area (Å²) in [6.45, 7) is 2.41. The number of thioether (sulfide) groups is 1. The SMILES string of the molecule is CSCC[C@H](NC(=O)c1ccc(Cl)cc1)C(=O)OCC(=O)N1CCCC[C@H]1C. The Hall–Kier alpha value is -1.73. The van der Waals surface area contributed by atoms with E-state index in [0.717, 1.165) is 19.3 Å². The first-order chi connectivity index (χ1) is 13.4. The standard InChI is InChI=1S/C20H27ClN2O4S/c1-14-5-3-4-11-23(14)18(24)13-27-20(26)17(10-12-28-2)22-19(25)15-6-8-16(21)9-7-15/h6-9,14,17H,3-5,10-13H2,1-2H3,(H,22,25)/t14-,17+/m1/s1. The number of rotatable bonds is 8. The highest BCUT2D eigenvalue weighted by Crippen LogP contribution is 2.16. The van der Waals surface area contributed by atoms with Crippen molar-refractivity contribution in [3.63, 3.8) is 0 Å². The van der Waals surface area contributed by atoms with Crippen molar-refractivity contribution in [3.05, 3.63) is 34.9 Å². The smallest absolute Gasteiger partial charge is 0.329 e. The molecule has 0 aromatic heterocycles. The van der Waals surface area contributed by atoms with E-state index in [0.29, 0.717) is 29.3 Å². The Labute approximate surface area is 175 Å². The Bertz CT molecular complexity index is 683. The number of esters is 1. The summed E-state index contributed by atoms with van der Waals surface area (Å²) in [4.78, 5) is 39.1. The molecule has 2 amide bonds. The fourth-order valence-corrected chi connectivity index (χ4v) is 3.71. The summed E-state index contributed by atoms with van der Waals surface area (Å²) in [5.41, 5.74) is 0.407. The Balaban J connectivity index is 1.93. The Kier molecular flexibility index (Phi) is 9.12. The van der Waals surface area contributed by atoms with Gasteiger partial charge in [-0.1, -0.05) is 11.6 Å². The van der Waals surface area contributed by atoms with E-state index < -0.39 is 12.0 Å². The minimum atomic E-state index is -0.804. The predicted octanol–water partition coefficient (Wildman–Crippen LogP) is 3.14. The van der Waals surface area contributed by atoms with Crippen LogP contribution in [0, 0.1) is 0 Å². The number of ether oxygens (including phenoxy) is 1. The number of carbonyl (C=O) groups is 3. The summed E-state index contributed by atoms with van der Waals surface area (Å²) in [5.74, 6) is -0.476. The van der Waals surface area contributed by atoms with Crippen LogP contribution in [0.15, 0.2) is 24.3 Å². The molecule has 6 nitrogen and oxygen atoms in total. The van der Waals surface area contributed by atoms with Crippen LogP contribution in [0.3, 0.4) is 0 Å². The Morgan fingerprint density at radius 3 is 2.64 bits per heavy atom. The maximum absolute atomic E-state index is 12.5. The van der Waals surface area contributed by atoms with Gasteiger partial charge in [0.15, 0.2) is 6.61 Å². The van der Waals surface area contributed by atoms with Crippen molar-refractivity contribution in [1.82, 2.24) is 10.2 Å². The fourth-order valence-electron chi connectivity index (χ4n) is 3.11. The number of amides is 2. The third kappa shape index (κ3) is 6.71. The predicted molar refractivity (Wildman–Crippen MR) is 112 cm³/mol. The van der Waals surface area contributed by atoms with Crippen LogP contribution in [0.1, 0.15) is 43.0 Å². The van der Waals surface area contributed by atoms with Crippen molar-refractivity contribution in [1.29, 1.82) is 0 Å². The average molecular weight is 427 g/mol. The van der Waals surface area contributed by atoms with Crippen molar-refractivity contribution in [2.75, 3.05) is 25.2 Å². The van der Waals surface area contributed by atoms with Gasteiger partial charge in [0.25, 0.3) is 11.8 Å². The number of nitrogens with zero attached hydrogens (tertiary/aromatic N) is 1. The molecular weight excluding hydrogens is 400 g/mol. The molecule has 1 heterocycles. The molecule has 1 fully saturated rings. The molecule has 0 bridgehead atoms. The molecule has 28 heavy (non-hydrogen) atoms. The first-order valence-electron chi connectivity index (χ1n) is 9.44. The molecular formula is C20H27ClN2O4S. The third-order valence-electron chi connectivity index (χ3n) is 4.77. The van der Waals surface area contributed by atoms with Crippen molar-refractivity contribution in [3.8, 4) is 0 Å². The van der Waals surface area contributed by atoms with E-state index >= 15 is 0 Å². The van der Waals surface area contributed by atoms with Gasteiger partial charge in [0.1, 0.15) is 6.04 Å². The van der Waals surface area contributed by atoms with Gasteiger partial charge < -0.3 is 15.0 Å². The van der Waals surface area contributed by atoms with Crippen LogP contribution in [-0.4, -0.2) is 59.9 Å². The van der Waals surface area contributed by atoms with Crippen LogP contribution < -0.4 is 5.32 Å². The summed E-state index contributed by atoms with van der Waals surface area (Å²) in [6.07, 6.45) is 5.39. The molecule has 0 radical (unpaired) electrons. The second-order valence-electron chi connectivity index (χ2n) is 6.85. The van der Waals surface area contributed by atoms with E-state index in [1.807, 2.05) is 13.2 Å². The van der Waals surface area contributed by atoms with E-state index in [1.165, 1.54) is 0 Å². The van der Waals surface area contributed by atoms with E-state index in [-0.39, 0.29) is 24.5 Å². The average Bonchev–Trinajstić information content (AvgIpc) is 2.69. The van der Waals surface area contributed by atoms with E-state index in [4.69, 9.17) is 16.3 Å². The molecule has 154 valence electrons. The molecule has 2 atom stereocenters. The molecule has 8 heteroatoms. The summed E-state index contributed by atoms with van der Waals surface area (Å²) in [5, 5.41) is 3.23. The minimum Gasteiger partial charge on any atom is -0.454 e. The maximum atomic E-state index is 12.5. The van der Waals surface area contributed by atoms with Gasteiger partial charge in [0, 0.05) is 23.2 Å². The van der Waals surface area contributed by atoms with Crippen LogP contribution in [0.25, 0.3) is 0 Å². The molecule has 1 aliphatic rings. The van der Waals surface area contributed by atoms with Gasteiger partial charge in [-0.05, 0) is 68.9 Å². The first kappa shape index (κ1) is 22.6. The van der Waals surface area contributed by atoms with Gasteiger partial charge in [-0.2, -0.15) is 11.8 Å². The zero-order valence-electron chi connectivity index (χ0n) is 16.3. The number of piperidine rings is 1. The van der Waals surface area contributed by atoms with E-state index in [1.54, 1.807) is 40.9 Å². The highest BCUT2D eigenvalue weighted by molar-refractivity contribution is 7.98. The molecule has 0 saturated carbocycles. The molecule has 0 unspecified atom stereocenters. The second-order valence-corrected chi connectivity index (χ2v) is 8.28. The summed E-state index contributed by atoms with van der Waals surface area (Å²) in [6, 6.07) is 5.78. The van der Waals surface area contributed by atoms with Gasteiger partial charge in [0.2, 0.25) is 0 Å². The van der Waals surface area contributed by atoms with E-state index in [9.17, 15) is 14.4 Å². The number of hydrogen-bond acceptors (Lipinski definition) is 5. The highest BCUT2D eigenvalue weighted by atomic mass is 35.5. The molecule has 1 saturated heterocycles. The summed E-state index contributed by atoms with van der Waals surface area (Å²) >= 11 is 7.41. The molecule has 2 rings (SSSR count). The number of halogens is 1. The number of likely N-dealkylation sites (tertiary alicyclic amines) is 1. The monoisotopic (exact) mass is 426 g/mol. The number of carbonyl (C=O) groups excluding carboxylic acids is 3. The minimum absolute atomic E-state index is 0.164. The zero-order chi connectivity index (χ0) is 20.5. The Morgan fingerprint density at radius 2 is 2.00 bits per heavy atom. The number of benzene rings is 1. The third-order valence-corrected chi connectivity index (χ3v) is 5.66. The lowest BCUT2D eigenvalue weighted by Crippen LogP contribution is -2.46. The normalized spacial score (nSPS) is 17.7. The quantitative estimate of drug-likeness (QED) is 0.646. The van der Waals surface area contributed by atoms with Gasteiger partial charge in [0.05, 0.1) is 0 Å². The molecule has 1 aromatic rings. The second kappa shape index (κ2) is 11.3. The van der Waals surface area contributed by atoms with Gasteiger partial charge in [-0.15, -0.1) is 0 Å². The van der Waals surface area contributed by atoms with Crippen LogP contribution in [0.2, 0.25) is 5.02 Å². The van der Waals surface area contributed by atoms with Crippen molar-refractivity contribution < 1.29 is 19.1 Å². The lowest BCUT2D eigenvalue weighted by Gasteiger charge is -2.33. The number of hydrogen-bond donors (Lipinski definition) is 1. The van der Waals surface area contributed by atoms with Crippen LogP contribution >= 0.6 is 23.4 Å². The van der Waals surface area contributed by atoms with E-state index in [2.05, 4.69) is 5.32 Å².